The minimum Gasteiger partial charge on any atom is -0.301 e. The summed E-state index contributed by atoms with van der Waals surface area (Å²) in [6, 6.07) is 4.64. The number of hydrogen-bond acceptors (Lipinski definition) is 5. The average Bonchev–Trinajstić information content (AvgIpc) is 3.09. The quantitative estimate of drug-likeness (QED) is 0.942. The fourth-order valence-electron chi connectivity index (χ4n) is 2.45. The Hall–Kier alpha value is -1.24. The van der Waals surface area contributed by atoms with Crippen molar-refractivity contribution in [2.75, 3.05) is 18.4 Å². The fourth-order valence-corrected chi connectivity index (χ4v) is 3.89. The van der Waals surface area contributed by atoms with Crippen LogP contribution in [0.15, 0.2) is 29.1 Å². The van der Waals surface area contributed by atoms with Gasteiger partial charge < -0.3 is 5.32 Å². The van der Waals surface area contributed by atoms with Crippen LogP contribution in [-0.2, 0) is 4.79 Å². The van der Waals surface area contributed by atoms with Crippen molar-refractivity contribution in [2.24, 2.45) is 0 Å². The lowest BCUT2D eigenvalue weighted by Crippen LogP contribution is -2.32. The first kappa shape index (κ1) is 12.8. The van der Waals surface area contributed by atoms with Crippen LogP contribution >= 0.6 is 22.7 Å². The van der Waals surface area contributed by atoms with Crippen molar-refractivity contribution < 1.29 is 4.79 Å². The van der Waals surface area contributed by atoms with Crippen LogP contribution < -0.4 is 5.32 Å². The number of nitrogens with one attached hydrogen (secondary N) is 1. The second-order valence-corrected chi connectivity index (χ2v) is 6.40. The van der Waals surface area contributed by atoms with Crippen LogP contribution in [0.1, 0.15) is 23.8 Å². The predicted molar refractivity (Wildman–Crippen MR) is 78.6 cm³/mol. The van der Waals surface area contributed by atoms with Crippen molar-refractivity contribution in [3.05, 3.63) is 34.0 Å². The monoisotopic (exact) mass is 293 g/mol. The molecular formula is C13H15N3OS2. The first-order chi connectivity index (χ1) is 9.33. The molecule has 0 spiro atoms. The summed E-state index contributed by atoms with van der Waals surface area (Å²) in [5, 5.41) is 7.48. The summed E-state index contributed by atoms with van der Waals surface area (Å²) in [5.74, 6) is 0.0263. The van der Waals surface area contributed by atoms with Gasteiger partial charge in [0.2, 0.25) is 5.91 Å². The van der Waals surface area contributed by atoms with E-state index in [9.17, 15) is 4.79 Å². The molecule has 1 atom stereocenters. The zero-order valence-corrected chi connectivity index (χ0v) is 12.0. The van der Waals surface area contributed by atoms with Gasteiger partial charge in [-0.25, -0.2) is 4.98 Å². The maximum atomic E-state index is 12.0. The molecule has 4 nitrogen and oxygen atoms in total. The third-order valence-corrected chi connectivity index (χ3v) is 4.92. The topological polar surface area (TPSA) is 45.2 Å². The summed E-state index contributed by atoms with van der Waals surface area (Å²) >= 11 is 3.22. The smallest absolute Gasteiger partial charge is 0.240 e. The Morgan fingerprint density at radius 1 is 1.47 bits per heavy atom. The number of aromatic nitrogens is 1. The molecule has 0 unspecified atom stereocenters. The van der Waals surface area contributed by atoms with Crippen molar-refractivity contribution in [3.63, 3.8) is 0 Å². The van der Waals surface area contributed by atoms with Gasteiger partial charge in [0.15, 0.2) is 5.13 Å². The van der Waals surface area contributed by atoms with E-state index in [-0.39, 0.29) is 5.91 Å². The minimum absolute atomic E-state index is 0.0263. The van der Waals surface area contributed by atoms with Crippen LogP contribution in [0.4, 0.5) is 5.13 Å². The molecule has 2 aromatic heterocycles. The van der Waals surface area contributed by atoms with Crippen molar-refractivity contribution in [3.8, 4) is 0 Å². The van der Waals surface area contributed by atoms with Gasteiger partial charge >= 0.3 is 0 Å². The largest absolute Gasteiger partial charge is 0.301 e. The van der Waals surface area contributed by atoms with E-state index in [1.54, 1.807) is 17.5 Å². The van der Waals surface area contributed by atoms with Gasteiger partial charge in [-0.15, -0.1) is 22.7 Å². The number of hydrogen-bond donors (Lipinski definition) is 1. The highest BCUT2D eigenvalue weighted by Gasteiger charge is 2.28. The zero-order chi connectivity index (χ0) is 13.1. The third kappa shape index (κ3) is 3.02. The molecule has 1 amide bonds. The van der Waals surface area contributed by atoms with Crippen molar-refractivity contribution >= 4 is 33.7 Å². The molecule has 1 N–H and O–H groups in total. The molecule has 100 valence electrons. The van der Waals surface area contributed by atoms with Gasteiger partial charge in [0.05, 0.1) is 6.54 Å². The third-order valence-electron chi connectivity index (χ3n) is 3.26. The van der Waals surface area contributed by atoms with Gasteiger partial charge in [0, 0.05) is 22.5 Å². The number of likely N-dealkylation sites (tertiary alicyclic amines) is 1. The van der Waals surface area contributed by atoms with Gasteiger partial charge in [0.25, 0.3) is 0 Å². The highest BCUT2D eigenvalue weighted by Crippen LogP contribution is 2.34. The summed E-state index contributed by atoms with van der Waals surface area (Å²) < 4.78 is 0. The Kier molecular flexibility index (Phi) is 3.91. The molecule has 3 rings (SSSR count). The summed E-state index contributed by atoms with van der Waals surface area (Å²) in [7, 11) is 0. The Bertz CT molecular complexity index is 524. The van der Waals surface area contributed by atoms with E-state index >= 15 is 0 Å². The number of amides is 1. The van der Waals surface area contributed by atoms with Crippen LogP contribution in [0.3, 0.4) is 0 Å². The van der Waals surface area contributed by atoms with Crippen LogP contribution in [0, 0.1) is 0 Å². The summed E-state index contributed by atoms with van der Waals surface area (Å²) in [5.41, 5.74) is 0. The van der Waals surface area contributed by atoms with E-state index in [0.717, 1.165) is 19.4 Å². The zero-order valence-electron chi connectivity index (χ0n) is 10.4. The molecule has 0 aliphatic carbocycles. The number of rotatable bonds is 4. The Morgan fingerprint density at radius 3 is 3.16 bits per heavy atom. The van der Waals surface area contributed by atoms with Crippen molar-refractivity contribution in [1.29, 1.82) is 0 Å². The lowest BCUT2D eigenvalue weighted by Gasteiger charge is -2.22. The first-order valence-corrected chi connectivity index (χ1v) is 8.05. The van der Waals surface area contributed by atoms with Gasteiger partial charge in [0.1, 0.15) is 0 Å². The number of thiophene rings is 1. The molecule has 3 heterocycles. The number of nitrogens with zero attached hydrogens (tertiary/aromatic N) is 2. The highest BCUT2D eigenvalue weighted by atomic mass is 32.1. The van der Waals surface area contributed by atoms with Gasteiger partial charge in [-0.2, -0.15) is 0 Å². The molecule has 1 aliphatic heterocycles. The highest BCUT2D eigenvalue weighted by molar-refractivity contribution is 7.13. The molecule has 1 aliphatic rings. The number of carbonyl (C=O) groups is 1. The Morgan fingerprint density at radius 2 is 2.42 bits per heavy atom. The van der Waals surface area contributed by atoms with Gasteiger partial charge in [-0.05, 0) is 30.8 Å². The summed E-state index contributed by atoms with van der Waals surface area (Å²) in [4.78, 5) is 19.7. The van der Waals surface area contributed by atoms with E-state index in [2.05, 4.69) is 32.7 Å². The average molecular weight is 293 g/mol. The Labute approximate surface area is 120 Å². The molecule has 1 saturated heterocycles. The van der Waals surface area contributed by atoms with Crippen molar-refractivity contribution in [2.45, 2.75) is 18.9 Å². The second kappa shape index (κ2) is 5.81. The molecule has 0 bridgehead atoms. The maximum absolute atomic E-state index is 12.0. The molecule has 19 heavy (non-hydrogen) atoms. The fraction of sp³-hybridized carbons (Fsp3) is 0.385. The summed E-state index contributed by atoms with van der Waals surface area (Å²) in [6.45, 7) is 1.44. The molecule has 0 saturated carbocycles. The van der Waals surface area contributed by atoms with Crippen LogP contribution in [0.25, 0.3) is 0 Å². The van der Waals surface area contributed by atoms with Crippen molar-refractivity contribution in [1.82, 2.24) is 9.88 Å². The SMILES string of the molecule is O=C(CN1CCC[C@H]1c1cccs1)Nc1nccs1. The van der Waals surface area contributed by atoms with E-state index in [1.165, 1.54) is 16.2 Å². The van der Waals surface area contributed by atoms with E-state index < -0.39 is 0 Å². The minimum atomic E-state index is 0.0263. The lowest BCUT2D eigenvalue weighted by molar-refractivity contribution is -0.117. The van der Waals surface area contributed by atoms with E-state index in [1.807, 2.05) is 5.38 Å². The van der Waals surface area contributed by atoms with Gasteiger partial charge in [-0.1, -0.05) is 6.07 Å². The molecular weight excluding hydrogens is 278 g/mol. The molecule has 2 aromatic rings. The molecule has 1 fully saturated rings. The normalized spacial score (nSPS) is 19.7. The van der Waals surface area contributed by atoms with Crippen LogP contribution in [0.5, 0.6) is 0 Å². The molecule has 6 heteroatoms. The van der Waals surface area contributed by atoms with E-state index in [0.29, 0.717) is 17.7 Å². The lowest BCUT2D eigenvalue weighted by atomic mass is 10.2. The van der Waals surface area contributed by atoms with Gasteiger partial charge in [-0.3, -0.25) is 9.69 Å². The number of thiazole rings is 1. The number of anilines is 1. The predicted octanol–water partition coefficient (Wildman–Crippen LogP) is 2.98. The van der Waals surface area contributed by atoms with Crippen LogP contribution in [-0.4, -0.2) is 28.9 Å². The standard InChI is InChI=1S/C13H15N3OS2/c17-12(15-13-14-5-8-19-13)9-16-6-1-3-10(16)11-4-2-7-18-11/h2,4-5,7-8,10H,1,3,6,9H2,(H,14,15,17)/t10-/m0/s1. The summed E-state index contributed by atoms with van der Waals surface area (Å²) in [6.07, 6.45) is 4.00. The first-order valence-electron chi connectivity index (χ1n) is 6.30. The van der Waals surface area contributed by atoms with Crippen LogP contribution in [0.2, 0.25) is 0 Å². The molecule has 0 radical (unpaired) electrons. The number of carbonyl (C=O) groups excluding carboxylic acids is 1. The Balaban J connectivity index is 1.61. The van der Waals surface area contributed by atoms with E-state index in [4.69, 9.17) is 0 Å². The maximum Gasteiger partial charge on any atom is 0.240 e. The molecule has 0 aromatic carbocycles. The second-order valence-electron chi connectivity index (χ2n) is 4.53.